The van der Waals surface area contributed by atoms with Gasteiger partial charge in [-0.2, -0.15) is 5.10 Å². The zero-order valence-electron chi connectivity index (χ0n) is 20.3. The Kier molecular flexibility index (Phi) is 2.88. The number of methoxy groups -OCH3 is 2. The lowest BCUT2D eigenvalue weighted by molar-refractivity contribution is 0.395. The van der Waals surface area contributed by atoms with Crippen LogP contribution in [0.15, 0.2) is 55.0 Å². The molecule has 0 aliphatic rings. The highest BCUT2D eigenvalue weighted by Gasteiger charge is 2.07. The molecule has 0 amide bonds. The molecule has 4 rings (SSSR count). The van der Waals surface area contributed by atoms with Crippen LogP contribution in [0.25, 0.3) is 22.3 Å². The van der Waals surface area contributed by atoms with Crippen LogP contribution in [0.5, 0.6) is 11.5 Å². The molecular formula is C20H19N5O2. The van der Waals surface area contributed by atoms with Gasteiger partial charge in [0.15, 0.2) is 0 Å². The van der Waals surface area contributed by atoms with Crippen LogP contribution in [-0.2, 0) is 7.05 Å². The van der Waals surface area contributed by atoms with Crippen molar-refractivity contribution < 1.29 is 17.7 Å². The zero-order chi connectivity index (χ0) is 23.8. The molecule has 0 unspecified atom stereocenters. The molecule has 7 nitrogen and oxygen atoms in total. The van der Waals surface area contributed by atoms with Crippen LogP contribution in [0, 0.1) is 0 Å². The number of nitrogens with one attached hydrogen (secondary N) is 1. The van der Waals surface area contributed by atoms with E-state index in [2.05, 4.69) is 20.4 Å². The number of nitrogens with zero attached hydrogens (tertiary/aromatic N) is 4. The summed E-state index contributed by atoms with van der Waals surface area (Å²) < 4.78 is 55.4. The van der Waals surface area contributed by atoms with Crippen LogP contribution in [0.4, 0.5) is 11.4 Å². The lowest BCUT2D eigenvalue weighted by Crippen LogP contribution is -1.95. The first-order chi connectivity index (χ1) is 15.4. The summed E-state index contributed by atoms with van der Waals surface area (Å²) in [6.07, 6.45) is 5.20. The van der Waals surface area contributed by atoms with Crippen molar-refractivity contribution in [3.63, 3.8) is 0 Å². The second kappa shape index (κ2) is 6.95. The molecule has 27 heavy (non-hydrogen) atoms. The second-order valence-electron chi connectivity index (χ2n) is 5.88. The van der Waals surface area contributed by atoms with Gasteiger partial charge in [0.1, 0.15) is 11.5 Å². The van der Waals surface area contributed by atoms with E-state index in [0.29, 0.717) is 28.1 Å². The second-order valence-corrected chi connectivity index (χ2v) is 5.88. The Morgan fingerprint density at radius 3 is 2.48 bits per heavy atom. The van der Waals surface area contributed by atoms with Crippen molar-refractivity contribution in [3.8, 4) is 22.8 Å². The summed E-state index contributed by atoms with van der Waals surface area (Å²) in [7, 11) is -3.61. The third-order valence-electron chi connectivity index (χ3n) is 3.95. The Morgan fingerprint density at radius 2 is 1.78 bits per heavy atom. The van der Waals surface area contributed by atoms with E-state index in [-0.39, 0.29) is 11.5 Å². The van der Waals surface area contributed by atoms with Gasteiger partial charge in [0.25, 0.3) is 0 Å². The largest absolute Gasteiger partial charge is 0.497 e. The van der Waals surface area contributed by atoms with Gasteiger partial charge in [-0.05, 0) is 18.2 Å². The van der Waals surface area contributed by atoms with Crippen molar-refractivity contribution in [2.75, 3.05) is 19.4 Å². The van der Waals surface area contributed by atoms with Crippen LogP contribution in [-0.4, -0.2) is 33.8 Å². The van der Waals surface area contributed by atoms with Gasteiger partial charge >= 0.3 is 0 Å². The van der Waals surface area contributed by atoms with E-state index in [0.717, 1.165) is 5.56 Å². The van der Waals surface area contributed by atoms with Gasteiger partial charge < -0.3 is 14.8 Å². The number of aryl methyl sites for hydroxylation is 1. The Balaban J connectivity index is 1.67. The molecule has 0 spiro atoms. The number of rotatable bonds is 5. The minimum atomic E-state index is -2.71. The summed E-state index contributed by atoms with van der Waals surface area (Å²) in [6, 6.07) is 9.38. The molecule has 0 fully saturated rings. The number of anilines is 2. The SMILES string of the molecule is [2H]C([2H])([2H])Oc1cc(Nc2ccc3ncc(-c4cnn(C)c4)nc3c2)cc(OC([2H])([2H])[2H])c1. The molecule has 0 aliphatic carbocycles. The number of benzene rings is 2. The van der Waals surface area contributed by atoms with E-state index in [4.69, 9.17) is 17.7 Å². The molecular weight excluding hydrogens is 342 g/mol. The maximum Gasteiger partial charge on any atom is 0.124 e. The topological polar surface area (TPSA) is 74.1 Å². The van der Waals surface area contributed by atoms with Crippen LogP contribution in [0.3, 0.4) is 0 Å². The first-order valence-electron chi connectivity index (χ1n) is 11.0. The van der Waals surface area contributed by atoms with Gasteiger partial charge in [-0.15, -0.1) is 0 Å². The number of hydrogen-bond acceptors (Lipinski definition) is 6. The van der Waals surface area contributed by atoms with Crippen molar-refractivity contribution in [3.05, 3.63) is 55.0 Å². The van der Waals surface area contributed by atoms with Crippen molar-refractivity contribution in [1.82, 2.24) is 19.7 Å². The fourth-order valence-electron chi connectivity index (χ4n) is 2.71. The lowest BCUT2D eigenvalue weighted by Gasteiger charge is -2.11. The molecule has 2 aromatic carbocycles. The maximum atomic E-state index is 7.31. The number of hydrogen-bond donors (Lipinski definition) is 1. The minimum Gasteiger partial charge on any atom is -0.497 e. The third kappa shape index (κ3) is 3.52. The van der Waals surface area contributed by atoms with Crippen LogP contribution < -0.4 is 14.8 Å². The van der Waals surface area contributed by atoms with Gasteiger partial charge in [-0.1, -0.05) is 0 Å². The Hall–Kier alpha value is -3.61. The molecule has 0 saturated heterocycles. The van der Waals surface area contributed by atoms with E-state index in [1.807, 2.05) is 13.2 Å². The predicted molar refractivity (Wildman–Crippen MR) is 105 cm³/mol. The highest BCUT2D eigenvalue weighted by molar-refractivity contribution is 5.82. The minimum absolute atomic E-state index is 0.0707. The Labute approximate surface area is 165 Å². The summed E-state index contributed by atoms with van der Waals surface area (Å²) in [6.45, 7) is 0. The average molecular weight is 367 g/mol. The highest BCUT2D eigenvalue weighted by Crippen LogP contribution is 2.29. The summed E-state index contributed by atoms with van der Waals surface area (Å²) >= 11 is 0. The average Bonchev–Trinajstić information content (AvgIpc) is 3.11. The quantitative estimate of drug-likeness (QED) is 0.578. The molecule has 4 aromatic rings. The molecule has 7 heteroatoms. The van der Waals surface area contributed by atoms with E-state index < -0.39 is 14.1 Å². The molecule has 0 saturated carbocycles. The van der Waals surface area contributed by atoms with Crippen molar-refractivity contribution in [2.45, 2.75) is 0 Å². The van der Waals surface area contributed by atoms with Crippen LogP contribution in [0.1, 0.15) is 8.22 Å². The van der Waals surface area contributed by atoms with Gasteiger partial charge in [0.2, 0.25) is 0 Å². The third-order valence-corrected chi connectivity index (χ3v) is 3.95. The van der Waals surface area contributed by atoms with Gasteiger partial charge in [0.05, 0.1) is 51.4 Å². The maximum absolute atomic E-state index is 7.31. The zero-order valence-corrected chi connectivity index (χ0v) is 14.3. The first kappa shape index (κ1) is 11.2. The van der Waals surface area contributed by atoms with Crippen LogP contribution in [0.2, 0.25) is 0 Å². The molecule has 0 bridgehead atoms. The summed E-state index contributed by atoms with van der Waals surface area (Å²) in [4.78, 5) is 9.07. The molecule has 1 N–H and O–H groups in total. The van der Waals surface area contributed by atoms with Gasteiger partial charge in [-0.3, -0.25) is 9.67 Å². The monoisotopic (exact) mass is 367 g/mol. The molecule has 2 heterocycles. The van der Waals surface area contributed by atoms with E-state index >= 15 is 0 Å². The fraction of sp³-hybridized carbons (Fsp3) is 0.150. The molecule has 0 aliphatic heterocycles. The van der Waals surface area contributed by atoms with Crippen LogP contribution >= 0.6 is 0 Å². The molecule has 2 aromatic heterocycles. The van der Waals surface area contributed by atoms with E-state index in [1.165, 1.54) is 18.2 Å². The number of ether oxygens (including phenoxy) is 2. The van der Waals surface area contributed by atoms with Crippen molar-refractivity contribution in [2.24, 2.45) is 7.05 Å². The number of aromatic nitrogens is 4. The highest BCUT2D eigenvalue weighted by atomic mass is 16.5. The fourth-order valence-corrected chi connectivity index (χ4v) is 2.71. The summed E-state index contributed by atoms with van der Waals surface area (Å²) in [5, 5.41) is 7.25. The Bertz CT molecular complexity index is 1270. The Morgan fingerprint density at radius 1 is 0.963 bits per heavy atom. The molecule has 0 radical (unpaired) electrons. The van der Waals surface area contributed by atoms with Crippen molar-refractivity contribution >= 4 is 22.4 Å². The molecule has 136 valence electrons. The number of fused-ring (bicyclic) bond motifs is 1. The first-order valence-corrected chi connectivity index (χ1v) is 8.00. The summed E-state index contributed by atoms with van der Waals surface area (Å²) in [5.74, 6) is -0.141. The van der Waals surface area contributed by atoms with E-state index in [9.17, 15) is 0 Å². The van der Waals surface area contributed by atoms with E-state index in [1.54, 1.807) is 35.3 Å². The standard InChI is InChI=1S/C20H19N5O2/c1-25-12-13(10-22-25)20-11-21-18-5-4-14(8-19(18)24-20)23-15-6-16(26-2)9-17(7-15)27-3/h4-12,23H,1-3H3/i2D3,3D3. The molecule has 0 atom stereocenters. The smallest absolute Gasteiger partial charge is 0.124 e. The normalized spacial score (nSPS) is 15.0. The van der Waals surface area contributed by atoms with Crippen molar-refractivity contribution in [1.29, 1.82) is 0 Å². The summed E-state index contributed by atoms with van der Waals surface area (Å²) in [5.41, 5.74) is 3.77. The van der Waals surface area contributed by atoms with Gasteiger partial charge in [0, 0.05) is 48.4 Å². The predicted octanol–water partition coefficient (Wildman–Crippen LogP) is 3.79. The lowest BCUT2D eigenvalue weighted by atomic mass is 10.2. The van der Waals surface area contributed by atoms with Gasteiger partial charge in [-0.25, -0.2) is 4.98 Å².